The van der Waals surface area contributed by atoms with Crippen molar-refractivity contribution in [3.05, 3.63) is 0 Å². The molecule has 1 saturated heterocycles. The molecule has 21 heavy (non-hydrogen) atoms. The van der Waals surface area contributed by atoms with Crippen LogP contribution in [0, 0.1) is 11.3 Å². The number of hydrogen-bond acceptors (Lipinski definition) is 7. The average molecular weight is 300 g/mol. The number of aldehydes is 1. The van der Waals surface area contributed by atoms with Crippen LogP contribution in [0.4, 0.5) is 0 Å². The number of hydrogen-bond donors (Lipinski definition) is 0. The second kappa shape index (κ2) is 6.11. The molecule has 0 radical (unpaired) electrons. The monoisotopic (exact) mass is 300 g/mol. The van der Waals surface area contributed by atoms with Gasteiger partial charge in [-0.25, -0.2) is 0 Å². The van der Waals surface area contributed by atoms with Gasteiger partial charge in [0.2, 0.25) is 0 Å². The first-order valence-electron chi connectivity index (χ1n) is 6.89. The van der Waals surface area contributed by atoms with E-state index in [-0.39, 0.29) is 19.3 Å². The Morgan fingerprint density at radius 3 is 2.38 bits per heavy atom. The molecule has 1 saturated carbocycles. The topological polar surface area (TPSA) is 88.1 Å². The molecule has 2 rings (SSSR count). The Kier molecular flexibility index (Phi) is 4.63. The van der Waals surface area contributed by atoms with Crippen molar-refractivity contribution in [1.82, 2.24) is 0 Å². The van der Waals surface area contributed by atoms with Crippen molar-refractivity contribution in [2.45, 2.75) is 31.5 Å². The summed E-state index contributed by atoms with van der Waals surface area (Å²) in [5.74, 6) is -2.55. The zero-order valence-corrected chi connectivity index (χ0v) is 12.3. The maximum absolute atomic E-state index is 12.2. The third-order valence-electron chi connectivity index (χ3n) is 4.24. The largest absolute Gasteiger partial charge is 0.469 e. The Morgan fingerprint density at radius 2 is 1.86 bits per heavy atom. The predicted octanol–water partition coefficient (Wildman–Crippen LogP) is 0.451. The Bertz CT molecular complexity index is 427. The second-order valence-corrected chi connectivity index (χ2v) is 5.56. The van der Waals surface area contributed by atoms with Gasteiger partial charge in [0.15, 0.2) is 5.79 Å². The van der Waals surface area contributed by atoms with E-state index in [1.54, 1.807) is 0 Å². The molecule has 2 unspecified atom stereocenters. The van der Waals surface area contributed by atoms with E-state index in [9.17, 15) is 14.4 Å². The minimum Gasteiger partial charge on any atom is -0.469 e. The molecule has 1 spiro atoms. The van der Waals surface area contributed by atoms with Crippen molar-refractivity contribution in [2.24, 2.45) is 11.3 Å². The third-order valence-corrected chi connectivity index (χ3v) is 4.24. The number of ether oxygens (including phenoxy) is 4. The lowest BCUT2D eigenvalue weighted by molar-refractivity contribution is -0.223. The van der Waals surface area contributed by atoms with E-state index < -0.39 is 29.1 Å². The summed E-state index contributed by atoms with van der Waals surface area (Å²) in [5.41, 5.74) is -1.11. The fraction of sp³-hybridized carbons (Fsp3) is 0.786. The van der Waals surface area contributed by atoms with Gasteiger partial charge in [0.25, 0.3) is 0 Å². The van der Waals surface area contributed by atoms with Crippen LogP contribution in [0.5, 0.6) is 0 Å². The molecule has 0 aromatic heterocycles. The van der Waals surface area contributed by atoms with Gasteiger partial charge in [-0.1, -0.05) is 0 Å². The van der Waals surface area contributed by atoms with Crippen molar-refractivity contribution < 1.29 is 33.3 Å². The summed E-state index contributed by atoms with van der Waals surface area (Å²) in [7, 11) is 2.55. The van der Waals surface area contributed by atoms with E-state index in [4.69, 9.17) is 18.9 Å². The summed E-state index contributed by atoms with van der Waals surface area (Å²) < 4.78 is 20.9. The Morgan fingerprint density at radius 1 is 1.19 bits per heavy atom. The molecular weight excluding hydrogens is 280 g/mol. The van der Waals surface area contributed by atoms with Gasteiger partial charge in [0.1, 0.15) is 6.29 Å². The van der Waals surface area contributed by atoms with Gasteiger partial charge in [0.05, 0.1) is 38.8 Å². The molecule has 0 bridgehead atoms. The molecular formula is C14H20O7. The van der Waals surface area contributed by atoms with E-state index >= 15 is 0 Å². The second-order valence-electron chi connectivity index (χ2n) is 5.56. The van der Waals surface area contributed by atoms with Crippen LogP contribution in [-0.4, -0.2) is 51.4 Å². The van der Waals surface area contributed by atoms with Gasteiger partial charge in [0, 0.05) is 19.3 Å². The van der Waals surface area contributed by atoms with Crippen molar-refractivity contribution in [3.63, 3.8) is 0 Å². The van der Waals surface area contributed by atoms with E-state index in [0.717, 1.165) is 0 Å². The lowest BCUT2D eigenvalue weighted by Gasteiger charge is -2.44. The van der Waals surface area contributed by atoms with Gasteiger partial charge < -0.3 is 23.7 Å². The van der Waals surface area contributed by atoms with Crippen LogP contribution >= 0.6 is 0 Å². The first-order chi connectivity index (χ1) is 10.0. The molecule has 0 N–H and O–H groups in total. The van der Waals surface area contributed by atoms with Crippen molar-refractivity contribution >= 4 is 18.2 Å². The van der Waals surface area contributed by atoms with Crippen LogP contribution < -0.4 is 0 Å². The molecule has 2 fully saturated rings. The number of methoxy groups -OCH3 is 2. The number of carbonyl (C=O) groups is 3. The molecule has 7 heteroatoms. The first kappa shape index (κ1) is 15.9. The molecule has 1 heterocycles. The van der Waals surface area contributed by atoms with Gasteiger partial charge in [-0.05, 0) is 6.42 Å². The third kappa shape index (κ3) is 2.94. The Hall–Kier alpha value is -1.47. The summed E-state index contributed by atoms with van der Waals surface area (Å²) in [5, 5.41) is 0. The van der Waals surface area contributed by atoms with Crippen LogP contribution in [0.2, 0.25) is 0 Å². The zero-order chi connectivity index (χ0) is 15.5. The van der Waals surface area contributed by atoms with Gasteiger partial charge in [-0.3, -0.25) is 9.59 Å². The van der Waals surface area contributed by atoms with Crippen LogP contribution in [0.25, 0.3) is 0 Å². The highest BCUT2D eigenvalue weighted by Crippen LogP contribution is 2.50. The molecule has 1 aliphatic heterocycles. The zero-order valence-electron chi connectivity index (χ0n) is 12.3. The minimum absolute atomic E-state index is 0.0400. The number of esters is 2. The van der Waals surface area contributed by atoms with E-state index in [1.807, 2.05) is 0 Å². The molecule has 118 valence electrons. The quantitative estimate of drug-likeness (QED) is 0.550. The van der Waals surface area contributed by atoms with Crippen molar-refractivity contribution in [1.29, 1.82) is 0 Å². The summed E-state index contributed by atoms with van der Waals surface area (Å²) in [4.78, 5) is 35.2. The fourth-order valence-electron chi connectivity index (χ4n) is 3.40. The van der Waals surface area contributed by atoms with E-state index in [1.165, 1.54) is 14.2 Å². The lowest BCUT2D eigenvalue weighted by atomic mass is 9.65. The number of rotatable bonds is 4. The molecule has 2 aliphatic rings. The standard InChI is InChI=1S/C14H20O7/c1-18-11(16)10-7-13(3-4-15,12(17)19-2)9-14(8-10)20-5-6-21-14/h4,10H,3,5-9H2,1-2H3. The van der Waals surface area contributed by atoms with Crippen molar-refractivity contribution in [2.75, 3.05) is 27.4 Å². The van der Waals surface area contributed by atoms with Gasteiger partial charge in [-0.15, -0.1) is 0 Å². The summed E-state index contributed by atoms with van der Waals surface area (Å²) in [6.07, 6.45) is 1.34. The summed E-state index contributed by atoms with van der Waals surface area (Å²) in [6, 6.07) is 0. The summed E-state index contributed by atoms with van der Waals surface area (Å²) >= 11 is 0. The average Bonchev–Trinajstić information content (AvgIpc) is 2.92. The lowest BCUT2D eigenvalue weighted by Crippen LogP contribution is -2.51. The maximum Gasteiger partial charge on any atom is 0.312 e. The fourth-order valence-corrected chi connectivity index (χ4v) is 3.40. The minimum atomic E-state index is -1.11. The van der Waals surface area contributed by atoms with Gasteiger partial charge in [-0.2, -0.15) is 0 Å². The maximum atomic E-state index is 12.2. The highest BCUT2D eigenvalue weighted by atomic mass is 16.7. The van der Waals surface area contributed by atoms with E-state index in [2.05, 4.69) is 0 Å². The SMILES string of the molecule is COC(=O)C1CC2(CC(CC=O)(C(=O)OC)C1)OCCO2. The number of carbonyl (C=O) groups excluding carboxylic acids is 3. The summed E-state index contributed by atoms with van der Waals surface area (Å²) in [6.45, 7) is 0.790. The highest BCUT2D eigenvalue weighted by Gasteiger charge is 2.57. The van der Waals surface area contributed by atoms with Crippen LogP contribution in [0.15, 0.2) is 0 Å². The van der Waals surface area contributed by atoms with E-state index in [0.29, 0.717) is 25.9 Å². The van der Waals surface area contributed by atoms with Crippen LogP contribution in [0.1, 0.15) is 25.7 Å². The smallest absolute Gasteiger partial charge is 0.312 e. The Labute approximate surface area is 122 Å². The van der Waals surface area contributed by atoms with Crippen molar-refractivity contribution in [3.8, 4) is 0 Å². The van der Waals surface area contributed by atoms with Gasteiger partial charge >= 0.3 is 11.9 Å². The Balaban J connectivity index is 2.35. The van der Waals surface area contributed by atoms with Crippen LogP contribution in [-0.2, 0) is 33.3 Å². The molecule has 0 aromatic rings. The molecule has 1 aliphatic carbocycles. The van der Waals surface area contributed by atoms with Crippen LogP contribution in [0.3, 0.4) is 0 Å². The molecule has 0 aromatic carbocycles. The molecule has 7 nitrogen and oxygen atoms in total. The molecule has 2 atom stereocenters. The highest BCUT2D eigenvalue weighted by molar-refractivity contribution is 5.82. The normalized spacial score (nSPS) is 30.9. The first-order valence-corrected chi connectivity index (χ1v) is 6.89. The molecule has 0 amide bonds. The predicted molar refractivity (Wildman–Crippen MR) is 69.1 cm³/mol.